The Bertz CT molecular complexity index is 176. The molecule has 0 aromatic rings. The topological polar surface area (TPSA) is 145 Å². The van der Waals surface area contributed by atoms with E-state index in [1.807, 2.05) is 0 Å². The fourth-order valence-corrected chi connectivity index (χ4v) is 0.400. The van der Waals surface area contributed by atoms with Crippen LogP contribution < -0.4 is 11.5 Å². The number of nitrogens with two attached hydrogens (primary N) is 2. The molecule has 0 saturated carbocycles. The first-order chi connectivity index (χ1) is 5.39. The van der Waals surface area contributed by atoms with E-state index in [1.54, 1.807) is 0 Å². The fourth-order valence-electron chi connectivity index (χ4n) is 0.400. The second kappa shape index (κ2) is 3.74. The van der Waals surface area contributed by atoms with Gasteiger partial charge in [0.2, 0.25) is 0 Å². The molecule has 8 heteroatoms. The third-order valence-corrected chi connectivity index (χ3v) is 0.720. The minimum atomic E-state index is -2.81. The molecule has 0 aromatic heterocycles. The van der Waals surface area contributed by atoms with Crippen LogP contribution in [0.1, 0.15) is 0 Å². The molecule has 0 heterocycles. The molecule has 8 nitrogen and oxygen atoms in total. The van der Waals surface area contributed by atoms with E-state index < -0.39 is 24.8 Å². The van der Waals surface area contributed by atoms with E-state index in [-0.39, 0.29) is 0 Å². The maximum atomic E-state index is 10.1. The predicted molar refractivity (Wildman–Crippen MR) is 33.4 cm³/mol. The van der Waals surface area contributed by atoms with E-state index in [0.717, 1.165) is 0 Å². The molecule has 0 radical (unpaired) electrons. The molecule has 0 aliphatic rings. The molecule has 0 unspecified atom stereocenters. The van der Waals surface area contributed by atoms with Crippen LogP contribution in [0.5, 0.6) is 0 Å². The van der Waals surface area contributed by atoms with E-state index in [2.05, 4.69) is 20.9 Å². The monoisotopic (exact) mass is 180 g/mol. The first kappa shape index (κ1) is 10.5. The molecule has 0 aliphatic carbocycles. The zero-order valence-electron chi connectivity index (χ0n) is 5.89. The summed E-state index contributed by atoms with van der Waals surface area (Å²) in [6.45, 7) is -1.17. The SMILES string of the molecule is NC(=O)OC(O)(CO)OC(N)=O. The summed E-state index contributed by atoms with van der Waals surface area (Å²) in [7, 11) is 0. The molecule has 0 rings (SSSR count). The smallest absolute Gasteiger partial charge is 0.385 e. The molecule has 6 N–H and O–H groups in total. The van der Waals surface area contributed by atoms with Gasteiger partial charge in [-0.15, -0.1) is 0 Å². The van der Waals surface area contributed by atoms with Crippen molar-refractivity contribution in [1.82, 2.24) is 0 Å². The largest absolute Gasteiger partial charge is 0.409 e. The Hall–Kier alpha value is -1.54. The minimum Gasteiger partial charge on any atom is -0.385 e. The highest BCUT2D eigenvalue weighted by Gasteiger charge is 2.34. The minimum absolute atomic E-state index is 1.17. The summed E-state index contributed by atoms with van der Waals surface area (Å²) < 4.78 is 7.64. The van der Waals surface area contributed by atoms with Crippen molar-refractivity contribution in [1.29, 1.82) is 0 Å². The molecule has 70 valence electrons. The summed E-state index contributed by atoms with van der Waals surface area (Å²) in [5.41, 5.74) is 8.93. The Morgan fingerprint density at radius 3 is 1.75 bits per heavy atom. The van der Waals surface area contributed by atoms with E-state index in [4.69, 9.17) is 10.2 Å². The second-order valence-corrected chi connectivity index (χ2v) is 1.71. The van der Waals surface area contributed by atoms with Crippen LogP contribution in [0.4, 0.5) is 9.59 Å². The summed E-state index contributed by atoms with van der Waals surface area (Å²) >= 11 is 0. The van der Waals surface area contributed by atoms with Crippen molar-refractivity contribution in [2.75, 3.05) is 6.61 Å². The first-order valence-electron chi connectivity index (χ1n) is 2.70. The lowest BCUT2D eigenvalue weighted by Gasteiger charge is -2.22. The Balaban J connectivity index is 4.23. The van der Waals surface area contributed by atoms with Crippen LogP contribution in [-0.2, 0) is 9.47 Å². The van der Waals surface area contributed by atoms with Gasteiger partial charge in [-0.1, -0.05) is 0 Å². The predicted octanol–water partition coefficient (Wildman–Crippen LogP) is -2.18. The van der Waals surface area contributed by atoms with Gasteiger partial charge in [0.15, 0.2) is 6.61 Å². The number of hydrogen-bond acceptors (Lipinski definition) is 6. The Morgan fingerprint density at radius 1 is 1.25 bits per heavy atom. The van der Waals surface area contributed by atoms with E-state index in [1.165, 1.54) is 0 Å². The van der Waals surface area contributed by atoms with Crippen molar-refractivity contribution in [2.24, 2.45) is 11.5 Å². The summed E-state index contributed by atoms with van der Waals surface area (Å²) in [5.74, 6) is -2.81. The van der Waals surface area contributed by atoms with Crippen molar-refractivity contribution in [3.05, 3.63) is 0 Å². The number of primary amides is 2. The van der Waals surface area contributed by atoms with Gasteiger partial charge >= 0.3 is 18.2 Å². The lowest BCUT2D eigenvalue weighted by molar-refractivity contribution is -0.315. The summed E-state index contributed by atoms with van der Waals surface area (Å²) in [6.07, 6.45) is -2.85. The molecule has 0 fully saturated rings. The number of hydrogen-bond donors (Lipinski definition) is 4. The number of rotatable bonds is 3. The number of ether oxygens (including phenoxy) is 2. The van der Waals surface area contributed by atoms with Crippen molar-refractivity contribution in [3.63, 3.8) is 0 Å². The molecular weight excluding hydrogens is 172 g/mol. The third kappa shape index (κ3) is 3.58. The Labute approximate surface area is 66.7 Å². The van der Waals surface area contributed by atoms with Gasteiger partial charge in [-0.2, -0.15) is 0 Å². The lowest BCUT2D eigenvalue weighted by Crippen LogP contribution is -2.45. The number of aliphatic hydroxyl groups excluding tert-OH is 1. The molecule has 0 bridgehead atoms. The van der Waals surface area contributed by atoms with Crippen LogP contribution in [0.15, 0.2) is 0 Å². The second-order valence-electron chi connectivity index (χ2n) is 1.71. The number of carbonyl (C=O) groups excluding carboxylic acids is 2. The molecule has 0 atom stereocenters. The normalized spacial score (nSPS) is 10.5. The maximum Gasteiger partial charge on any atom is 0.409 e. The zero-order valence-corrected chi connectivity index (χ0v) is 5.89. The van der Waals surface area contributed by atoms with Gasteiger partial charge < -0.3 is 31.2 Å². The van der Waals surface area contributed by atoms with Crippen LogP contribution in [0.3, 0.4) is 0 Å². The summed E-state index contributed by atoms with van der Waals surface area (Å²) in [5, 5.41) is 17.2. The van der Waals surface area contributed by atoms with Crippen LogP contribution in [0, 0.1) is 0 Å². The average Bonchev–Trinajstić information content (AvgIpc) is 1.83. The van der Waals surface area contributed by atoms with Crippen molar-refractivity contribution in [3.8, 4) is 0 Å². The third-order valence-electron chi connectivity index (χ3n) is 0.720. The molecule has 2 amide bonds. The van der Waals surface area contributed by atoms with Crippen molar-refractivity contribution < 1.29 is 29.3 Å². The number of carbonyl (C=O) groups is 2. The van der Waals surface area contributed by atoms with Crippen molar-refractivity contribution in [2.45, 2.75) is 5.97 Å². The summed E-state index contributed by atoms with van der Waals surface area (Å²) in [4.78, 5) is 20.1. The fraction of sp³-hybridized carbons (Fsp3) is 0.500. The lowest BCUT2D eigenvalue weighted by atomic mass is 10.6. The highest BCUT2D eigenvalue weighted by Crippen LogP contribution is 2.07. The molecule has 0 aromatic carbocycles. The van der Waals surface area contributed by atoms with Gasteiger partial charge in [0.05, 0.1) is 0 Å². The number of amides is 2. The van der Waals surface area contributed by atoms with Crippen LogP contribution in [0.25, 0.3) is 0 Å². The van der Waals surface area contributed by atoms with Gasteiger partial charge in [-0.25, -0.2) is 9.59 Å². The average molecular weight is 180 g/mol. The van der Waals surface area contributed by atoms with Crippen LogP contribution in [0.2, 0.25) is 0 Å². The first-order valence-corrected chi connectivity index (χ1v) is 2.70. The van der Waals surface area contributed by atoms with Gasteiger partial charge in [0.25, 0.3) is 0 Å². The Morgan fingerprint density at radius 2 is 1.58 bits per heavy atom. The van der Waals surface area contributed by atoms with Crippen LogP contribution >= 0.6 is 0 Å². The zero-order chi connectivity index (χ0) is 9.78. The highest BCUT2D eigenvalue weighted by atomic mass is 16.9. The van der Waals surface area contributed by atoms with E-state index >= 15 is 0 Å². The molecule has 12 heavy (non-hydrogen) atoms. The van der Waals surface area contributed by atoms with E-state index in [9.17, 15) is 9.59 Å². The highest BCUT2D eigenvalue weighted by molar-refractivity contribution is 5.67. The van der Waals surface area contributed by atoms with Gasteiger partial charge in [-0.3, -0.25) is 0 Å². The van der Waals surface area contributed by atoms with Crippen molar-refractivity contribution >= 4 is 12.2 Å². The van der Waals surface area contributed by atoms with Gasteiger partial charge in [-0.05, 0) is 0 Å². The van der Waals surface area contributed by atoms with E-state index in [0.29, 0.717) is 0 Å². The number of aliphatic hydroxyl groups is 2. The molecular formula is C4H8N2O6. The van der Waals surface area contributed by atoms with Gasteiger partial charge in [0, 0.05) is 0 Å². The van der Waals surface area contributed by atoms with Gasteiger partial charge in [0.1, 0.15) is 0 Å². The standard InChI is InChI=1S/C4H8N2O6/c5-2(8)11-4(10,1-7)12-3(6)9/h7,10H,1H2,(H2,5,8)(H2,6,9). The molecule has 0 aliphatic heterocycles. The molecule has 0 spiro atoms. The molecule has 0 saturated heterocycles. The quantitative estimate of drug-likeness (QED) is 0.363. The summed E-state index contributed by atoms with van der Waals surface area (Å²) in [6, 6.07) is 0. The van der Waals surface area contributed by atoms with Crippen LogP contribution in [-0.4, -0.2) is 35.0 Å². The Kier molecular flexibility index (Phi) is 3.26. The maximum absolute atomic E-state index is 10.1.